The number of aryl methyl sites for hydroxylation is 1. The Kier molecular flexibility index (Phi) is 8.81. The number of nitrogens with zero attached hydrogens (tertiary/aromatic N) is 1. The van der Waals surface area contributed by atoms with Crippen molar-refractivity contribution in [2.24, 2.45) is 0 Å². The number of carbonyl (C=O) groups is 2. The van der Waals surface area contributed by atoms with E-state index in [0.29, 0.717) is 17.2 Å². The molecule has 0 saturated carbocycles. The maximum absolute atomic E-state index is 12.5. The van der Waals surface area contributed by atoms with Gasteiger partial charge in [-0.25, -0.2) is 13.1 Å². The highest BCUT2D eigenvalue weighted by molar-refractivity contribution is 7.89. The van der Waals surface area contributed by atoms with Crippen molar-refractivity contribution in [3.05, 3.63) is 52.3 Å². The Morgan fingerprint density at radius 1 is 1.19 bits per heavy atom. The van der Waals surface area contributed by atoms with Crippen LogP contribution in [0, 0.1) is 13.8 Å². The number of sulfonamides is 1. The van der Waals surface area contributed by atoms with Crippen LogP contribution in [0.15, 0.2) is 35.2 Å². The predicted octanol–water partition coefficient (Wildman–Crippen LogP) is 3.06. The SMILES string of the molecule is COCC(C)n1c(C)cc(C(=O)COC(=O)CCNS(=O)(=O)c2ccc(Cl)cc2)c1C. The van der Waals surface area contributed by atoms with E-state index in [-0.39, 0.29) is 29.7 Å². The fourth-order valence-electron chi connectivity index (χ4n) is 3.33. The van der Waals surface area contributed by atoms with E-state index in [1.807, 2.05) is 25.3 Å². The van der Waals surface area contributed by atoms with Crippen LogP contribution in [0.3, 0.4) is 0 Å². The summed E-state index contributed by atoms with van der Waals surface area (Å²) >= 11 is 5.75. The molecule has 0 fully saturated rings. The zero-order chi connectivity index (χ0) is 23.2. The van der Waals surface area contributed by atoms with Gasteiger partial charge in [0.1, 0.15) is 0 Å². The smallest absolute Gasteiger partial charge is 0.307 e. The van der Waals surface area contributed by atoms with Crippen LogP contribution in [-0.2, 0) is 24.3 Å². The third-order valence-electron chi connectivity index (χ3n) is 4.74. The summed E-state index contributed by atoms with van der Waals surface area (Å²) in [6.07, 6.45) is -0.204. The molecule has 2 aromatic rings. The monoisotopic (exact) mass is 470 g/mol. The first kappa shape index (κ1) is 25.1. The number of benzene rings is 1. The van der Waals surface area contributed by atoms with Crippen LogP contribution < -0.4 is 4.72 Å². The van der Waals surface area contributed by atoms with Gasteiger partial charge >= 0.3 is 5.97 Å². The van der Waals surface area contributed by atoms with E-state index in [1.165, 1.54) is 24.3 Å². The molecule has 0 bridgehead atoms. The second-order valence-corrected chi connectivity index (χ2v) is 9.35. The van der Waals surface area contributed by atoms with Gasteiger partial charge in [-0.1, -0.05) is 11.6 Å². The molecule has 1 unspecified atom stereocenters. The van der Waals surface area contributed by atoms with Gasteiger partial charge in [-0.05, 0) is 51.1 Å². The quantitative estimate of drug-likeness (QED) is 0.400. The van der Waals surface area contributed by atoms with Gasteiger partial charge in [0.05, 0.1) is 24.0 Å². The van der Waals surface area contributed by atoms with Crippen LogP contribution >= 0.6 is 11.6 Å². The minimum absolute atomic E-state index is 0.0403. The fourth-order valence-corrected chi connectivity index (χ4v) is 4.49. The van der Waals surface area contributed by atoms with E-state index in [0.717, 1.165) is 11.4 Å². The number of aromatic nitrogens is 1. The number of hydrogen-bond acceptors (Lipinski definition) is 6. The lowest BCUT2D eigenvalue weighted by Crippen LogP contribution is -2.27. The molecule has 2 rings (SSSR count). The summed E-state index contributed by atoms with van der Waals surface area (Å²) in [4.78, 5) is 24.5. The molecule has 31 heavy (non-hydrogen) atoms. The van der Waals surface area contributed by atoms with Crippen LogP contribution in [0.1, 0.15) is 41.1 Å². The molecular formula is C21H27ClN2O6S. The third kappa shape index (κ3) is 6.64. The molecule has 0 aliphatic carbocycles. The number of Topliss-reactive ketones (excluding diaryl/α,β-unsaturated/α-hetero) is 1. The number of ketones is 1. The van der Waals surface area contributed by atoms with Gasteiger partial charge in [-0.3, -0.25) is 9.59 Å². The number of hydrogen-bond donors (Lipinski definition) is 1. The summed E-state index contributed by atoms with van der Waals surface area (Å²) in [7, 11) is -2.15. The molecule has 1 N–H and O–H groups in total. The van der Waals surface area contributed by atoms with Gasteiger partial charge in [0.2, 0.25) is 15.8 Å². The normalized spacial score (nSPS) is 12.5. The minimum atomic E-state index is -3.76. The van der Waals surface area contributed by atoms with E-state index >= 15 is 0 Å². The highest BCUT2D eigenvalue weighted by Crippen LogP contribution is 2.21. The molecule has 1 aromatic heterocycles. The Balaban J connectivity index is 1.87. The maximum atomic E-state index is 12.5. The molecule has 10 heteroatoms. The first-order valence-corrected chi connectivity index (χ1v) is 11.5. The average Bonchev–Trinajstić information content (AvgIpc) is 3.00. The van der Waals surface area contributed by atoms with E-state index in [9.17, 15) is 18.0 Å². The first-order valence-electron chi connectivity index (χ1n) is 9.68. The van der Waals surface area contributed by atoms with Crippen molar-refractivity contribution in [3.8, 4) is 0 Å². The van der Waals surface area contributed by atoms with E-state index in [2.05, 4.69) is 4.72 Å². The Hall–Kier alpha value is -2.20. The molecule has 1 atom stereocenters. The zero-order valence-electron chi connectivity index (χ0n) is 18.0. The first-order chi connectivity index (χ1) is 14.6. The number of methoxy groups -OCH3 is 1. The highest BCUT2D eigenvalue weighted by atomic mass is 35.5. The number of carbonyl (C=O) groups excluding carboxylic acids is 2. The molecule has 8 nitrogen and oxygen atoms in total. The number of halogens is 1. The van der Waals surface area contributed by atoms with E-state index in [4.69, 9.17) is 21.1 Å². The Labute approximate surface area is 187 Å². The predicted molar refractivity (Wildman–Crippen MR) is 117 cm³/mol. The van der Waals surface area contributed by atoms with Crippen molar-refractivity contribution in [3.63, 3.8) is 0 Å². The van der Waals surface area contributed by atoms with Gasteiger partial charge < -0.3 is 14.0 Å². The number of ether oxygens (including phenoxy) is 2. The van der Waals surface area contributed by atoms with E-state index in [1.54, 1.807) is 13.2 Å². The summed E-state index contributed by atoms with van der Waals surface area (Å²) < 4.78 is 38.9. The average molecular weight is 471 g/mol. The molecule has 0 aliphatic heterocycles. The van der Waals surface area contributed by atoms with Gasteiger partial charge in [0, 0.05) is 35.6 Å². The summed E-state index contributed by atoms with van der Waals surface area (Å²) in [6, 6.07) is 7.48. The van der Waals surface area contributed by atoms with Gasteiger partial charge in [-0.15, -0.1) is 0 Å². The largest absolute Gasteiger partial charge is 0.457 e. The zero-order valence-corrected chi connectivity index (χ0v) is 19.5. The maximum Gasteiger partial charge on any atom is 0.307 e. The minimum Gasteiger partial charge on any atom is -0.457 e. The van der Waals surface area contributed by atoms with Crippen LogP contribution in [0.4, 0.5) is 0 Å². The molecule has 170 valence electrons. The van der Waals surface area contributed by atoms with E-state index < -0.39 is 22.6 Å². The van der Waals surface area contributed by atoms with Crippen molar-refractivity contribution < 1.29 is 27.5 Å². The third-order valence-corrected chi connectivity index (χ3v) is 6.47. The second-order valence-electron chi connectivity index (χ2n) is 7.14. The van der Waals surface area contributed by atoms with Gasteiger partial charge in [0.25, 0.3) is 0 Å². The molecule has 0 spiro atoms. The van der Waals surface area contributed by atoms with Crippen molar-refractivity contribution in [1.82, 2.24) is 9.29 Å². The molecule has 0 saturated heterocycles. The van der Waals surface area contributed by atoms with Gasteiger partial charge in [0.15, 0.2) is 6.61 Å². The Bertz CT molecular complexity index is 1030. The molecule has 0 aliphatic rings. The summed E-state index contributed by atoms with van der Waals surface area (Å²) in [6.45, 7) is 5.66. The second kappa shape index (κ2) is 10.9. The summed E-state index contributed by atoms with van der Waals surface area (Å²) in [5, 5.41) is 0.418. The molecule has 1 heterocycles. The fraction of sp³-hybridized carbons (Fsp3) is 0.429. The van der Waals surface area contributed by atoms with Crippen molar-refractivity contribution in [1.29, 1.82) is 0 Å². The summed E-state index contributed by atoms with van der Waals surface area (Å²) in [5.41, 5.74) is 2.17. The van der Waals surface area contributed by atoms with Gasteiger partial charge in [-0.2, -0.15) is 0 Å². The Morgan fingerprint density at radius 2 is 1.84 bits per heavy atom. The molecule has 1 aromatic carbocycles. The van der Waals surface area contributed by atoms with Crippen molar-refractivity contribution >= 4 is 33.4 Å². The summed E-state index contributed by atoms with van der Waals surface area (Å²) in [5.74, 6) is -0.993. The number of esters is 1. The standard InChI is InChI=1S/C21H27ClN2O6S/c1-14-11-19(16(3)24(14)15(2)12-29-4)20(25)13-30-21(26)9-10-23-31(27,28)18-7-5-17(22)6-8-18/h5-8,11,15,23H,9-10,12-13H2,1-4H3. The molecule has 0 amide bonds. The lowest BCUT2D eigenvalue weighted by molar-refractivity contribution is -0.142. The van der Waals surface area contributed by atoms with Crippen LogP contribution in [0.25, 0.3) is 0 Å². The van der Waals surface area contributed by atoms with Crippen LogP contribution in [0.2, 0.25) is 5.02 Å². The lowest BCUT2D eigenvalue weighted by Gasteiger charge is -2.17. The Morgan fingerprint density at radius 3 is 2.45 bits per heavy atom. The lowest BCUT2D eigenvalue weighted by atomic mass is 10.1. The van der Waals surface area contributed by atoms with Crippen LogP contribution in [-0.4, -0.2) is 51.6 Å². The topological polar surface area (TPSA) is 104 Å². The highest BCUT2D eigenvalue weighted by Gasteiger charge is 2.20. The number of rotatable bonds is 11. The number of nitrogens with one attached hydrogen (secondary N) is 1. The van der Waals surface area contributed by atoms with Crippen molar-refractivity contribution in [2.75, 3.05) is 26.9 Å². The molecule has 0 radical (unpaired) electrons. The molecular weight excluding hydrogens is 444 g/mol. The van der Waals surface area contributed by atoms with Crippen molar-refractivity contribution in [2.45, 2.75) is 38.1 Å². The van der Waals surface area contributed by atoms with Crippen LogP contribution in [0.5, 0.6) is 0 Å².